The summed E-state index contributed by atoms with van der Waals surface area (Å²) in [5.74, 6) is 1.92. The third-order valence-electron chi connectivity index (χ3n) is 6.76. The highest BCUT2D eigenvalue weighted by atomic mass is 16.3. The van der Waals surface area contributed by atoms with Gasteiger partial charge in [-0.05, 0) is 57.2 Å². The first-order valence-electron chi connectivity index (χ1n) is 11.2. The van der Waals surface area contributed by atoms with Crippen molar-refractivity contribution in [1.82, 2.24) is 24.6 Å². The zero-order chi connectivity index (χ0) is 19.8. The summed E-state index contributed by atoms with van der Waals surface area (Å²) in [6, 6.07) is 4.41. The zero-order valence-electron chi connectivity index (χ0n) is 17.4. The number of fused-ring (bicyclic) bond motifs is 1. The number of aliphatic hydroxyl groups excluding tert-OH is 1. The van der Waals surface area contributed by atoms with E-state index in [1.165, 1.54) is 37.1 Å². The van der Waals surface area contributed by atoms with Gasteiger partial charge >= 0.3 is 0 Å². The molecule has 2 aliphatic heterocycles. The summed E-state index contributed by atoms with van der Waals surface area (Å²) >= 11 is 0. The molecule has 0 aromatic carbocycles. The predicted molar refractivity (Wildman–Crippen MR) is 112 cm³/mol. The number of aromatic nitrogens is 4. The third kappa shape index (κ3) is 4.03. The standard InChI is InChI=1S/C22H32N6O/c1-16-10-21(18-5-2-6-18)24-22(23-16)27-8-9-28-20(14-27)11-19(25-28)13-26-7-3-4-17(12-26)15-29/h10-11,17-18,29H,2-9,12-15H2,1H3. The van der Waals surface area contributed by atoms with Crippen LogP contribution in [0.5, 0.6) is 0 Å². The number of aliphatic hydroxyl groups is 1. The number of aryl methyl sites for hydroxylation is 1. The van der Waals surface area contributed by atoms with Crippen LogP contribution < -0.4 is 4.90 Å². The lowest BCUT2D eigenvalue weighted by Crippen LogP contribution is -2.36. The number of rotatable bonds is 5. The van der Waals surface area contributed by atoms with Gasteiger partial charge in [0.25, 0.3) is 0 Å². The molecule has 2 aromatic rings. The summed E-state index contributed by atoms with van der Waals surface area (Å²) in [7, 11) is 0. The largest absolute Gasteiger partial charge is 0.396 e. The van der Waals surface area contributed by atoms with Gasteiger partial charge < -0.3 is 10.0 Å². The Hall–Kier alpha value is -1.99. The second-order valence-electron chi connectivity index (χ2n) is 9.06. The summed E-state index contributed by atoms with van der Waals surface area (Å²) in [5, 5.41) is 14.3. The van der Waals surface area contributed by atoms with E-state index in [2.05, 4.69) is 33.5 Å². The molecule has 1 saturated heterocycles. The van der Waals surface area contributed by atoms with Gasteiger partial charge in [0, 0.05) is 43.5 Å². The number of anilines is 1. The Labute approximate surface area is 172 Å². The highest BCUT2D eigenvalue weighted by molar-refractivity contribution is 5.36. The summed E-state index contributed by atoms with van der Waals surface area (Å²) in [6.45, 7) is 7.94. The monoisotopic (exact) mass is 396 g/mol. The molecule has 1 aliphatic carbocycles. The van der Waals surface area contributed by atoms with Crippen molar-refractivity contribution in [1.29, 1.82) is 0 Å². The highest BCUT2D eigenvalue weighted by Gasteiger charge is 2.26. The van der Waals surface area contributed by atoms with E-state index in [-0.39, 0.29) is 0 Å². The van der Waals surface area contributed by atoms with Gasteiger partial charge in [0.2, 0.25) is 5.95 Å². The Balaban J connectivity index is 1.28. The maximum atomic E-state index is 9.47. The second kappa shape index (κ2) is 8.03. The Morgan fingerprint density at radius 3 is 2.76 bits per heavy atom. The molecular weight excluding hydrogens is 364 g/mol. The minimum atomic E-state index is 0.296. The molecule has 29 heavy (non-hydrogen) atoms. The van der Waals surface area contributed by atoms with Crippen LogP contribution in [0, 0.1) is 12.8 Å². The van der Waals surface area contributed by atoms with E-state index in [1.54, 1.807) is 0 Å². The van der Waals surface area contributed by atoms with E-state index < -0.39 is 0 Å². The van der Waals surface area contributed by atoms with Crippen LogP contribution in [0.4, 0.5) is 5.95 Å². The van der Waals surface area contributed by atoms with Crippen molar-refractivity contribution in [2.45, 2.75) is 64.6 Å². The van der Waals surface area contributed by atoms with Gasteiger partial charge in [-0.1, -0.05) is 6.42 Å². The van der Waals surface area contributed by atoms with Gasteiger partial charge in [0.05, 0.1) is 24.5 Å². The van der Waals surface area contributed by atoms with Crippen LogP contribution in [0.15, 0.2) is 12.1 Å². The quantitative estimate of drug-likeness (QED) is 0.837. The van der Waals surface area contributed by atoms with E-state index in [0.717, 1.165) is 63.0 Å². The summed E-state index contributed by atoms with van der Waals surface area (Å²) in [5.41, 5.74) is 4.68. The van der Waals surface area contributed by atoms with Crippen LogP contribution in [0.25, 0.3) is 0 Å². The maximum absolute atomic E-state index is 9.47. The van der Waals surface area contributed by atoms with E-state index in [4.69, 9.17) is 15.1 Å². The fourth-order valence-corrected chi connectivity index (χ4v) is 4.88. The molecule has 7 heteroatoms. The van der Waals surface area contributed by atoms with Crippen LogP contribution in [0.2, 0.25) is 0 Å². The lowest BCUT2D eigenvalue weighted by Gasteiger charge is -2.31. The van der Waals surface area contributed by atoms with Crippen LogP contribution in [-0.4, -0.2) is 56.0 Å². The third-order valence-corrected chi connectivity index (χ3v) is 6.76. The molecule has 0 radical (unpaired) electrons. The smallest absolute Gasteiger partial charge is 0.226 e. The minimum absolute atomic E-state index is 0.296. The van der Waals surface area contributed by atoms with Crippen LogP contribution in [0.3, 0.4) is 0 Å². The average Bonchev–Trinajstić information content (AvgIpc) is 3.07. The average molecular weight is 397 g/mol. The fraction of sp³-hybridized carbons (Fsp3) is 0.682. The van der Waals surface area contributed by atoms with Crippen molar-refractivity contribution in [3.8, 4) is 0 Å². The predicted octanol–water partition coefficient (Wildman–Crippen LogP) is 2.47. The Morgan fingerprint density at radius 2 is 1.97 bits per heavy atom. The molecule has 1 N–H and O–H groups in total. The van der Waals surface area contributed by atoms with Gasteiger partial charge in [0.15, 0.2) is 0 Å². The van der Waals surface area contributed by atoms with E-state index in [0.29, 0.717) is 18.4 Å². The zero-order valence-corrected chi connectivity index (χ0v) is 17.4. The topological polar surface area (TPSA) is 70.3 Å². The van der Waals surface area contributed by atoms with E-state index in [1.807, 2.05) is 0 Å². The normalized spacial score (nSPS) is 23.1. The maximum Gasteiger partial charge on any atom is 0.226 e. The molecule has 5 rings (SSSR count). The molecular formula is C22H32N6O. The SMILES string of the molecule is Cc1cc(C2CCC2)nc(N2CCn3nc(CN4CCCC(CO)C4)cc3C2)n1. The molecule has 0 spiro atoms. The van der Waals surface area contributed by atoms with Gasteiger partial charge in [-0.2, -0.15) is 5.10 Å². The number of nitrogens with zero attached hydrogens (tertiary/aromatic N) is 6. The van der Waals surface area contributed by atoms with Crippen molar-refractivity contribution >= 4 is 5.95 Å². The minimum Gasteiger partial charge on any atom is -0.396 e. The Kier molecular flexibility index (Phi) is 5.26. The van der Waals surface area contributed by atoms with E-state index >= 15 is 0 Å². The number of likely N-dealkylation sites (tertiary alicyclic amines) is 1. The summed E-state index contributed by atoms with van der Waals surface area (Å²) in [6.07, 6.45) is 6.16. The Morgan fingerprint density at radius 1 is 1.07 bits per heavy atom. The molecule has 2 aromatic heterocycles. The summed E-state index contributed by atoms with van der Waals surface area (Å²) < 4.78 is 2.15. The fourth-order valence-electron chi connectivity index (χ4n) is 4.88. The van der Waals surface area contributed by atoms with Gasteiger partial charge in [-0.25, -0.2) is 9.97 Å². The van der Waals surface area contributed by atoms with Crippen molar-refractivity contribution in [3.63, 3.8) is 0 Å². The molecule has 1 unspecified atom stereocenters. The Bertz CT molecular complexity index is 861. The van der Waals surface area contributed by atoms with Crippen LogP contribution in [0.1, 0.15) is 60.8 Å². The van der Waals surface area contributed by atoms with Crippen molar-refractivity contribution in [2.75, 3.05) is 31.1 Å². The highest BCUT2D eigenvalue weighted by Crippen LogP contribution is 2.36. The molecule has 3 aliphatic rings. The van der Waals surface area contributed by atoms with Crippen LogP contribution >= 0.6 is 0 Å². The molecule has 1 saturated carbocycles. The molecule has 1 atom stereocenters. The number of piperidine rings is 1. The first-order chi connectivity index (χ1) is 14.2. The van der Waals surface area contributed by atoms with E-state index in [9.17, 15) is 5.11 Å². The first kappa shape index (κ1) is 19.0. The van der Waals surface area contributed by atoms with Gasteiger partial charge in [-0.3, -0.25) is 9.58 Å². The molecule has 4 heterocycles. The lowest BCUT2D eigenvalue weighted by molar-refractivity contribution is 0.115. The van der Waals surface area contributed by atoms with Gasteiger partial charge in [0.1, 0.15) is 0 Å². The number of hydrogen-bond donors (Lipinski definition) is 1. The first-order valence-corrected chi connectivity index (χ1v) is 11.2. The second-order valence-corrected chi connectivity index (χ2v) is 9.06. The molecule has 0 amide bonds. The van der Waals surface area contributed by atoms with Crippen molar-refractivity contribution in [3.05, 3.63) is 34.9 Å². The molecule has 156 valence electrons. The van der Waals surface area contributed by atoms with Crippen molar-refractivity contribution in [2.24, 2.45) is 5.92 Å². The van der Waals surface area contributed by atoms with Crippen molar-refractivity contribution < 1.29 is 5.11 Å². The molecule has 0 bridgehead atoms. The lowest BCUT2D eigenvalue weighted by atomic mass is 9.83. The van der Waals surface area contributed by atoms with Crippen LogP contribution in [-0.2, 0) is 19.6 Å². The molecule has 7 nitrogen and oxygen atoms in total. The van der Waals surface area contributed by atoms with Gasteiger partial charge in [-0.15, -0.1) is 0 Å². The molecule has 2 fully saturated rings. The number of hydrogen-bond acceptors (Lipinski definition) is 6. The summed E-state index contributed by atoms with van der Waals surface area (Å²) in [4.78, 5) is 14.4.